The third-order valence-corrected chi connectivity index (χ3v) is 3.72. The molecule has 1 aromatic carbocycles. The molecule has 2 aromatic rings. The summed E-state index contributed by atoms with van der Waals surface area (Å²) >= 11 is 4.42. The van der Waals surface area contributed by atoms with Gasteiger partial charge < -0.3 is 4.74 Å². The summed E-state index contributed by atoms with van der Waals surface area (Å²) in [6, 6.07) is 8.70. The van der Waals surface area contributed by atoms with Gasteiger partial charge in [0, 0.05) is 21.6 Å². The van der Waals surface area contributed by atoms with Gasteiger partial charge in [-0.1, -0.05) is 11.8 Å². The minimum atomic E-state index is -0.441. The number of nitrogens with zero attached hydrogens (tertiary/aromatic N) is 2. The van der Waals surface area contributed by atoms with Crippen LogP contribution in [0.15, 0.2) is 50.9 Å². The quantitative estimate of drug-likeness (QED) is 0.623. The van der Waals surface area contributed by atoms with Gasteiger partial charge in [-0.05, 0) is 40.2 Å². The van der Waals surface area contributed by atoms with Gasteiger partial charge in [-0.2, -0.15) is 0 Å². The average molecular weight is 341 g/mol. The third kappa shape index (κ3) is 3.45. The van der Waals surface area contributed by atoms with Crippen molar-refractivity contribution in [1.29, 1.82) is 0 Å². The number of aromatic nitrogens is 1. The molecule has 0 aliphatic rings. The van der Waals surface area contributed by atoms with Crippen molar-refractivity contribution >= 4 is 33.4 Å². The second-order valence-corrected chi connectivity index (χ2v) is 5.49. The fourth-order valence-corrected chi connectivity index (χ4v) is 2.54. The zero-order chi connectivity index (χ0) is 13.8. The van der Waals surface area contributed by atoms with Crippen molar-refractivity contribution in [3.63, 3.8) is 0 Å². The maximum absolute atomic E-state index is 11.0. The molecule has 0 aliphatic heterocycles. The molecule has 5 nitrogen and oxygen atoms in total. The van der Waals surface area contributed by atoms with Crippen LogP contribution in [-0.2, 0) is 0 Å². The van der Waals surface area contributed by atoms with E-state index in [-0.39, 0.29) is 5.69 Å². The van der Waals surface area contributed by atoms with Gasteiger partial charge in [0.25, 0.3) is 0 Å². The lowest BCUT2D eigenvalue weighted by atomic mass is 10.3. The van der Waals surface area contributed by atoms with Gasteiger partial charge in [0.05, 0.1) is 12.0 Å². The first-order valence-electron chi connectivity index (χ1n) is 5.22. The Morgan fingerprint density at radius 2 is 2.05 bits per heavy atom. The molecular formula is C12H9BrN2O3S. The van der Waals surface area contributed by atoms with Gasteiger partial charge in [0.2, 0.25) is 0 Å². The molecule has 1 heterocycles. The summed E-state index contributed by atoms with van der Waals surface area (Å²) in [7, 11) is 1.59. The van der Waals surface area contributed by atoms with Crippen LogP contribution in [0.5, 0.6) is 5.75 Å². The maximum Gasteiger partial charge on any atom is 0.302 e. The lowest BCUT2D eigenvalue weighted by Crippen LogP contribution is -1.93. The SMILES string of the molecule is COc1ccc(Sc2ncc(Br)cc2[N+](=O)[O-])cc1. The Morgan fingerprint density at radius 3 is 2.63 bits per heavy atom. The van der Waals surface area contributed by atoms with E-state index in [1.165, 1.54) is 17.8 Å². The van der Waals surface area contributed by atoms with Crippen molar-refractivity contribution in [3.8, 4) is 5.75 Å². The van der Waals surface area contributed by atoms with Gasteiger partial charge in [-0.25, -0.2) is 4.98 Å². The molecule has 0 saturated carbocycles. The topological polar surface area (TPSA) is 65.3 Å². The number of pyridine rings is 1. The largest absolute Gasteiger partial charge is 0.497 e. The van der Waals surface area contributed by atoms with E-state index in [0.29, 0.717) is 9.50 Å². The van der Waals surface area contributed by atoms with Crippen LogP contribution in [0.2, 0.25) is 0 Å². The van der Waals surface area contributed by atoms with Gasteiger partial charge >= 0.3 is 5.69 Å². The molecule has 0 spiro atoms. The Bertz CT molecular complexity index is 604. The zero-order valence-electron chi connectivity index (χ0n) is 9.87. The minimum Gasteiger partial charge on any atom is -0.497 e. The normalized spacial score (nSPS) is 10.2. The van der Waals surface area contributed by atoms with Crippen LogP contribution in [0.25, 0.3) is 0 Å². The van der Waals surface area contributed by atoms with E-state index in [4.69, 9.17) is 4.74 Å². The minimum absolute atomic E-state index is 0.0183. The standard InChI is InChI=1S/C12H9BrN2O3S/c1-18-9-2-4-10(5-3-9)19-12-11(15(16)17)6-8(13)7-14-12/h2-7H,1H3. The van der Waals surface area contributed by atoms with Crippen molar-refractivity contribution < 1.29 is 9.66 Å². The number of ether oxygens (including phenoxy) is 1. The van der Waals surface area contributed by atoms with Crippen LogP contribution in [0.1, 0.15) is 0 Å². The summed E-state index contributed by atoms with van der Waals surface area (Å²) in [5.74, 6) is 0.739. The first kappa shape index (κ1) is 13.8. The summed E-state index contributed by atoms with van der Waals surface area (Å²) in [5, 5.41) is 11.3. The first-order valence-corrected chi connectivity index (χ1v) is 6.83. The number of halogens is 1. The summed E-state index contributed by atoms with van der Waals surface area (Å²) in [4.78, 5) is 15.5. The van der Waals surface area contributed by atoms with E-state index in [0.717, 1.165) is 10.6 Å². The monoisotopic (exact) mass is 340 g/mol. The van der Waals surface area contributed by atoms with E-state index < -0.39 is 4.92 Å². The zero-order valence-corrected chi connectivity index (χ0v) is 12.3. The van der Waals surface area contributed by atoms with Crippen LogP contribution in [0, 0.1) is 10.1 Å². The van der Waals surface area contributed by atoms with E-state index in [1.807, 2.05) is 12.1 Å². The van der Waals surface area contributed by atoms with Gasteiger partial charge in [0.15, 0.2) is 5.03 Å². The molecule has 2 rings (SSSR count). The summed E-state index contributed by atoms with van der Waals surface area (Å²) in [6.07, 6.45) is 1.54. The Balaban J connectivity index is 2.29. The molecule has 0 unspecified atom stereocenters. The molecular weight excluding hydrogens is 332 g/mol. The highest BCUT2D eigenvalue weighted by molar-refractivity contribution is 9.10. The lowest BCUT2D eigenvalue weighted by molar-refractivity contribution is -0.388. The number of hydrogen-bond donors (Lipinski definition) is 0. The van der Waals surface area contributed by atoms with Gasteiger partial charge in [-0.15, -0.1) is 0 Å². The predicted octanol–water partition coefficient (Wildman–Crippen LogP) is 3.91. The molecule has 0 N–H and O–H groups in total. The average Bonchev–Trinajstić information content (AvgIpc) is 2.41. The fraction of sp³-hybridized carbons (Fsp3) is 0.0833. The summed E-state index contributed by atoms with van der Waals surface area (Å²) in [5.41, 5.74) is -0.0183. The molecule has 0 aliphatic carbocycles. The van der Waals surface area contributed by atoms with Gasteiger partial charge in [-0.3, -0.25) is 10.1 Å². The fourth-order valence-electron chi connectivity index (χ4n) is 1.38. The van der Waals surface area contributed by atoms with Crippen molar-refractivity contribution in [3.05, 3.63) is 51.1 Å². The molecule has 7 heteroatoms. The number of rotatable bonds is 4. The molecule has 98 valence electrons. The highest BCUT2D eigenvalue weighted by Gasteiger charge is 2.17. The molecule has 19 heavy (non-hydrogen) atoms. The van der Waals surface area contributed by atoms with Crippen LogP contribution >= 0.6 is 27.7 Å². The first-order chi connectivity index (χ1) is 9.10. The molecule has 0 atom stereocenters. The third-order valence-electron chi connectivity index (χ3n) is 2.27. The summed E-state index contributed by atoms with van der Waals surface area (Å²) < 4.78 is 5.64. The van der Waals surface area contributed by atoms with Crippen molar-refractivity contribution in [1.82, 2.24) is 4.98 Å². The van der Waals surface area contributed by atoms with Crippen molar-refractivity contribution in [2.45, 2.75) is 9.92 Å². The van der Waals surface area contributed by atoms with E-state index in [2.05, 4.69) is 20.9 Å². The van der Waals surface area contributed by atoms with E-state index in [1.54, 1.807) is 25.4 Å². The predicted molar refractivity (Wildman–Crippen MR) is 75.7 cm³/mol. The highest BCUT2D eigenvalue weighted by Crippen LogP contribution is 2.34. The highest BCUT2D eigenvalue weighted by atomic mass is 79.9. The molecule has 0 bridgehead atoms. The van der Waals surface area contributed by atoms with E-state index in [9.17, 15) is 10.1 Å². The Labute approximate surface area is 122 Å². The summed E-state index contributed by atoms with van der Waals surface area (Å²) in [6.45, 7) is 0. The second-order valence-electron chi connectivity index (χ2n) is 3.51. The number of benzene rings is 1. The molecule has 0 fully saturated rings. The van der Waals surface area contributed by atoms with Crippen LogP contribution in [-0.4, -0.2) is 17.0 Å². The van der Waals surface area contributed by atoms with E-state index >= 15 is 0 Å². The maximum atomic E-state index is 11.0. The molecule has 1 aromatic heterocycles. The molecule has 0 saturated heterocycles. The van der Waals surface area contributed by atoms with Crippen LogP contribution in [0.4, 0.5) is 5.69 Å². The Hall–Kier alpha value is -1.60. The lowest BCUT2D eigenvalue weighted by Gasteiger charge is -2.04. The van der Waals surface area contributed by atoms with Crippen LogP contribution in [0.3, 0.4) is 0 Å². The van der Waals surface area contributed by atoms with Crippen LogP contribution < -0.4 is 4.74 Å². The van der Waals surface area contributed by atoms with Gasteiger partial charge in [0.1, 0.15) is 5.75 Å². The number of methoxy groups -OCH3 is 1. The number of nitro groups is 1. The second kappa shape index (κ2) is 6.03. The smallest absolute Gasteiger partial charge is 0.302 e. The Kier molecular flexibility index (Phi) is 4.39. The molecule has 0 radical (unpaired) electrons. The van der Waals surface area contributed by atoms with Crippen molar-refractivity contribution in [2.24, 2.45) is 0 Å². The molecule has 0 amide bonds. The van der Waals surface area contributed by atoms with Crippen molar-refractivity contribution in [2.75, 3.05) is 7.11 Å². The number of hydrogen-bond acceptors (Lipinski definition) is 5. The Morgan fingerprint density at radius 1 is 1.37 bits per heavy atom.